The van der Waals surface area contributed by atoms with Gasteiger partial charge in [-0.1, -0.05) is 84.9 Å². The molecule has 1 aromatic heterocycles. The van der Waals surface area contributed by atoms with Crippen LogP contribution in [0, 0.1) is 23.7 Å². The first-order valence-electron chi connectivity index (χ1n) is 16.6. The normalized spacial score (nSPS) is 25.4. The number of rotatable bonds is 4. The summed E-state index contributed by atoms with van der Waals surface area (Å²) in [7, 11) is 0. The zero-order chi connectivity index (χ0) is 29.5. The van der Waals surface area contributed by atoms with Crippen LogP contribution in [0.3, 0.4) is 0 Å². The van der Waals surface area contributed by atoms with Crippen molar-refractivity contribution in [2.45, 2.75) is 37.5 Å². The lowest BCUT2D eigenvalue weighted by atomic mass is 9.43. The van der Waals surface area contributed by atoms with Gasteiger partial charge in [0.25, 0.3) is 0 Å². The van der Waals surface area contributed by atoms with E-state index < -0.39 is 0 Å². The van der Waals surface area contributed by atoms with Crippen LogP contribution >= 0.6 is 0 Å². The Bertz CT molecular complexity index is 2060. The molecule has 0 N–H and O–H groups in total. The van der Waals surface area contributed by atoms with Crippen molar-refractivity contribution in [2.75, 3.05) is 0 Å². The van der Waals surface area contributed by atoms with Crippen LogP contribution in [-0.4, -0.2) is 10.2 Å². The van der Waals surface area contributed by atoms with Gasteiger partial charge in [0.15, 0.2) is 0 Å². The fourth-order valence-electron chi connectivity index (χ4n) is 10.1. The van der Waals surface area contributed by atoms with Crippen molar-refractivity contribution in [3.8, 4) is 56.3 Å². The van der Waals surface area contributed by atoms with Gasteiger partial charge in [0, 0.05) is 16.5 Å². The molecule has 6 aromatic rings. The van der Waals surface area contributed by atoms with Gasteiger partial charge in [0.1, 0.15) is 0 Å². The number of hydrogen-bond donors (Lipinski definition) is 0. The third-order valence-corrected chi connectivity index (χ3v) is 11.6. The van der Waals surface area contributed by atoms with E-state index in [1.807, 2.05) is 36.4 Å². The van der Waals surface area contributed by atoms with Gasteiger partial charge in [-0.3, -0.25) is 0 Å². The first kappa shape index (κ1) is 25.6. The quantitative estimate of drug-likeness (QED) is 0.208. The maximum atomic E-state index is 6.07. The van der Waals surface area contributed by atoms with Crippen LogP contribution in [-0.2, 0) is 5.41 Å². The standard InChI is InChI=1S/C42H34N2O/c1-2-8-28(9-3-1)40-43-44-41(45-40)33-13-7-12-31(24-33)29-10-6-11-30(23-29)32-16-17-39-37(25-32)36-14-4-5-15-38(36)42(39)34-19-26-18-27(21-34)22-35(42)20-26/h1-17,23-27,34-35H,18-22H2. The molecule has 1 spiro atoms. The van der Waals surface area contributed by atoms with E-state index in [-0.39, 0.29) is 5.41 Å². The predicted octanol–water partition coefficient (Wildman–Crippen LogP) is 10.5. The second kappa shape index (κ2) is 9.62. The minimum atomic E-state index is 0.218. The molecule has 3 nitrogen and oxygen atoms in total. The van der Waals surface area contributed by atoms with Gasteiger partial charge in [0.05, 0.1) is 0 Å². The summed E-state index contributed by atoms with van der Waals surface area (Å²) in [6.45, 7) is 0. The van der Waals surface area contributed by atoms with Gasteiger partial charge >= 0.3 is 0 Å². The smallest absolute Gasteiger partial charge is 0.248 e. The van der Waals surface area contributed by atoms with Crippen molar-refractivity contribution < 1.29 is 4.42 Å². The molecule has 4 saturated carbocycles. The van der Waals surface area contributed by atoms with Crippen LogP contribution in [0.15, 0.2) is 126 Å². The Labute approximate surface area is 264 Å². The molecule has 0 atom stereocenters. The highest BCUT2D eigenvalue weighted by molar-refractivity contribution is 5.86. The van der Waals surface area contributed by atoms with Crippen LogP contribution < -0.4 is 0 Å². The van der Waals surface area contributed by atoms with Crippen LogP contribution in [0.25, 0.3) is 56.3 Å². The van der Waals surface area contributed by atoms with Crippen LogP contribution in [0.2, 0.25) is 0 Å². The Morgan fingerprint density at radius 3 is 1.69 bits per heavy atom. The molecular formula is C42H34N2O. The van der Waals surface area contributed by atoms with Crippen molar-refractivity contribution in [3.05, 3.63) is 132 Å². The highest BCUT2D eigenvalue weighted by Gasteiger charge is 2.61. The molecule has 3 heteroatoms. The minimum Gasteiger partial charge on any atom is -0.416 e. The van der Waals surface area contributed by atoms with Crippen molar-refractivity contribution in [3.63, 3.8) is 0 Å². The summed E-state index contributed by atoms with van der Waals surface area (Å²) in [6, 6.07) is 44.1. The number of nitrogens with zero attached hydrogens (tertiary/aromatic N) is 2. The molecule has 45 heavy (non-hydrogen) atoms. The summed E-state index contributed by atoms with van der Waals surface area (Å²) in [4.78, 5) is 0. The molecule has 5 aliphatic carbocycles. The SMILES string of the molecule is c1ccc(-c2nnc(-c3cccc(-c4cccc(-c5ccc6c(c5)-c5ccccc5C65C6CC7CC(C6)CC5C7)c4)c3)o2)cc1. The van der Waals surface area contributed by atoms with Crippen molar-refractivity contribution >= 4 is 0 Å². The lowest BCUT2D eigenvalue weighted by Gasteiger charge is -2.61. The van der Waals surface area contributed by atoms with E-state index in [1.54, 1.807) is 11.1 Å². The van der Waals surface area contributed by atoms with Gasteiger partial charge in [-0.25, -0.2) is 0 Å². The van der Waals surface area contributed by atoms with E-state index in [1.165, 1.54) is 59.9 Å². The fourth-order valence-corrected chi connectivity index (χ4v) is 10.1. The van der Waals surface area contributed by atoms with Crippen LogP contribution in [0.5, 0.6) is 0 Å². The second-order valence-electron chi connectivity index (χ2n) is 13.9. The lowest BCUT2D eigenvalue weighted by molar-refractivity contribution is -0.0399. The summed E-state index contributed by atoms with van der Waals surface area (Å²) in [6.07, 6.45) is 7.16. The molecule has 5 aromatic carbocycles. The molecule has 0 saturated heterocycles. The van der Waals surface area contributed by atoms with Gasteiger partial charge in [-0.15, -0.1) is 10.2 Å². The van der Waals surface area contributed by atoms with E-state index in [0.717, 1.165) is 40.4 Å². The Morgan fingerprint density at radius 1 is 0.444 bits per heavy atom. The van der Waals surface area contributed by atoms with E-state index >= 15 is 0 Å². The average Bonchev–Trinajstić information content (AvgIpc) is 3.70. The zero-order valence-electron chi connectivity index (χ0n) is 25.2. The molecule has 218 valence electrons. The summed E-state index contributed by atoms with van der Waals surface area (Å²) in [5, 5.41) is 8.66. The van der Waals surface area contributed by atoms with E-state index in [4.69, 9.17) is 4.42 Å². The number of aromatic nitrogens is 2. The molecule has 0 unspecified atom stereocenters. The minimum absolute atomic E-state index is 0.218. The van der Waals surface area contributed by atoms with E-state index in [9.17, 15) is 0 Å². The van der Waals surface area contributed by atoms with Gasteiger partial charge in [0.2, 0.25) is 11.8 Å². The molecule has 0 aliphatic heterocycles. The molecule has 0 radical (unpaired) electrons. The largest absolute Gasteiger partial charge is 0.416 e. The molecule has 5 aliphatic rings. The third kappa shape index (κ3) is 3.76. The summed E-state index contributed by atoms with van der Waals surface area (Å²) >= 11 is 0. The Balaban J connectivity index is 1.02. The predicted molar refractivity (Wildman–Crippen MR) is 179 cm³/mol. The Hall–Kier alpha value is -4.76. The Kier molecular flexibility index (Phi) is 5.46. The second-order valence-corrected chi connectivity index (χ2v) is 13.9. The van der Waals surface area contributed by atoms with Gasteiger partial charge in [-0.05, 0) is 137 Å². The number of benzene rings is 5. The van der Waals surface area contributed by atoms with E-state index in [0.29, 0.717) is 11.8 Å². The summed E-state index contributed by atoms with van der Waals surface area (Å²) in [5.41, 5.74) is 13.1. The number of fused-ring (bicyclic) bond motifs is 3. The molecule has 0 amide bonds. The first-order valence-corrected chi connectivity index (χ1v) is 16.6. The monoisotopic (exact) mass is 582 g/mol. The van der Waals surface area contributed by atoms with Crippen molar-refractivity contribution in [1.29, 1.82) is 0 Å². The van der Waals surface area contributed by atoms with Gasteiger partial charge in [-0.2, -0.15) is 0 Å². The zero-order valence-corrected chi connectivity index (χ0v) is 25.2. The lowest BCUT2D eigenvalue weighted by Crippen LogP contribution is -2.55. The Morgan fingerprint density at radius 2 is 0.978 bits per heavy atom. The number of hydrogen-bond acceptors (Lipinski definition) is 3. The molecule has 11 rings (SSSR count). The third-order valence-electron chi connectivity index (χ3n) is 11.6. The molecule has 4 fully saturated rings. The van der Waals surface area contributed by atoms with Crippen molar-refractivity contribution in [1.82, 2.24) is 10.2 Å². The summed E-state index contributed by atoms with van der Waals surface area (Å²) < 4.78 is 6.07. The fraction of sp³-hybridized carbons (Fsp3) is 0.238. The van der Waals surface area contributed by atoms with Crippen LogP contribution in [0.4, 0.5) is 0 Å². The molecule has 4 bridgehead atoms. The van der Waals surface area contributed by atoms with Crippen LogP contribution in [0.1, 0.15) is 43.2 Å². The van der Waals surface area contributed by atoms with Gasteiger partial charge < -0.3 is 4.42 Å². The molecule has 1 heterocycles. The highest BCUT2D eigenvalue weighted by atomic mass is 16.4. The molecular weight excluding hydrogens is 548 g/mol. The topological polar surface area (TPSA) is 38.9 Å². The van der Waals surface area contributed by atoms with E-state index in [2.05, 4.69) is 95.1 Å². The maximum absolute atomic E-state index is 6.07. The first-order chi connectivity index (χ1) is 22.2. The average molecular weight is 583 g/mol. The summed E-state index contributed by atoms with van der Waals surface area (Å²) in [5.74, 6) is 4.57. The van der Waals surface area contributed by atoms with Crippen molar-refractivity contribution in [2.24, 2.45) is 23.7 Å². The highest BCUT2D eigenvalue weighted by Crippen LogP contribution is 2.69. The maximum Gasteiger partial charge on any atom is 0.248 e.